The molecule has 0 radical (unpaired) electrons. The highest BCUT2D eigenvalue weighted by Gasteiger charge is 2.20. The van der Waals surface area contributed by atoms with E-state index in [2.05, 4.69) is 21.6 Å². The lowest BCUT2D eigenvalue weighted by Gasteiger charge is -2.13. The summed E-state index contributed by atoms with van der Waals surface area (Å²) in [4.78, 5) is 12.0. The molecule has 1 atom stereocenters. The summed E-state index contributed by atoms with van der Waals surface area (Å²) in [5.41, 5.74) is 2.18. The molecule has 0 saturated carbocycles. The molecule has 2 aromatic rings. The monoisotopic (exact) mass is 348 g/mol. The van der Waals surface area contributed by atoms with Gasteiger partial charge in [0.05, 0.1) is 18.4 Å². The van der Waals surface area contributed by atoms with Crippen LogP contribution in [0.2, 0.25) is 0 Å². The zero-order valence-electron chi connectivity index (χ0n) is 14.6. The number of thioether (sulfide) groups is 1. The van der Waals surface area contributed by atoms with Crippen LogP contribution in [0, 0.1) is 6.92 Å². The maximum absolute atomic E-state index is 12.0. The van der Waals surface area contributed by atoms with Gasteiger partial charge < -0.3 is 10.1 Å². The van der Waals surface area contributed by atoms with E-state index in [1.54, 1.807) is 7.11 Å². The molecule has 0 aliphatic heterocycles. The fraction of sp³-hybridized carbons (Fsp3) is 0.471. The molecule has 1 N–H and O–H groups in total. The van der Waals surface area contributed by atoms with Gasteiger partial charge in [-0.2, -0.15) is 0 Å². The van der Waals surface area contributed by atoms with Crippen molar-refractivity contribution in [2.24, 2.45) is 0 Å². The van der Waals surface area contributed by atoms with E-state index >= 15 is 0 Å². The van der Waals surface area contributed by atoms with Gasteiger partial charge in [0.25, 0.3) is 0 Å². The second kappa shape index (κ2) is 8.84. The molecule has 0 aliphatic carbocycles. The number of aromatic nitrogens is 3. The summed E-state index contributed by atoms with van der Waals surface area (Å²) in [6.07, 6.45) is 0. The standard InChI is InChI=1S/C17H24N4O2S/c1-5-18-16(22)13(3)24-17-20-19-15(21(17)9-10-23-4)14-8-6-7-12(2)11-14/h6-8,11,13H,5,9-10H2,1-4H3,(H,18,22)/t13-/m1/s1. The normalized spacial score (nSPS) is 12.2. The Labute approximate surface area is 147 Å². The molecule has 0 spiro atoms. The Hall–Kier alpha value is -1.86. The highest BCUT2D eigenvalue weighted by atomic mass is 32.2. The van der Waals surface area contributed by atoms with E-state index in [1.807, 2.05) is 43.5 Å². The Morgan fingerprint density at radius 3 is 2.88 bits per heavy atom. The van der Waals surface area contributed by atoms with Gasteiger partial charge in [-0.05, 0) is 26.8 Å². The minimum absolute atomic E-state index is 0.000831. The molecule has 6 nitrogen and oxygen atoms in total. The van der Waals surface area contributed by atoms with Crippen molar-refractivity contribution >= 4 is 17.7 Å². The Morgan fingerprint density at radius 1 is 1.42 bits per heavy atom. The van der Waals surface area contributed by atoms with Gasteiger partial charge in [0, 0.05) is 19.2 Å². The molecule has 0 fully saturated rings. The van der Waals surface area contributed by atoms with Gasteiger partial charge in [0.1, 0.15) is 0 Å². The zero-order valence-corrected chi connectivity index (χ0v) is 15.4. The van der Waals surface area contributed by atoms with Gasteiger partial charge in [-0.25, -0.2) is 0 Å². The van der Waals surface area contributed by atoms with E-state index in [1.165, 1.54) is 17.3 Å². The lowest BCUT2D eigenvalue weighted by molar-refractivity contribution is -0.120. The summed E-state index contributed by atoms with van der Waals surface area (Å²) >= 11 is 1.41. The molecule has 130 valence electrons. The largest absolute Gasteiger partial charge is 0.383 e. The number of aryl methyl sites for hydroxylation is 1. The molecular formula is C17H24N4O2S. The van der Waals surface area contributed by atoms with Crippen LogP contribution in [0.1, 0.15) is 19.4 Å². The average Bonchev–Trinajstić information content (AvgIpc) is 2.95. The van der Waals surface area contributed by atoms with E-state index in [4.69, 9.17) is 4.74 Å². The summed E-state index contributed by atoms with van der Waals surface area (Å²) in [5, 5.41) is 12.0. The van der Waals surface area contributed by atoms with Gasteiger partial charge in [0.2, 0.25) is 5.91 Å². The molecule has 0 bridgehead atoms. The van der Waals surface area contributed by atoms with Crippen LogP contribution in [0.15, 0.2) is 29.4 Å². The molecule has 24 heavy (non-hydrogen) atoms. The number of nitrogens with one attached hydrogen (secondary N) is 1. The highest BCUT2D eigenvalue weighted by molar-refractivity contribution is 8.00. The van der Waals surface area contributed by atoms with Gasteiger partial charge in [0.15, 0.2) is 11.0 Å². The fourth-order valence-electron chi connectivity index (χ4n) is 2.29. The smallest absolute Gasteiger partial charge is 0.233 e. The van der Waals surface area contributed by atoms with Crippen LogP contribution in [0.5, 0.6) is 0 Å². The van der Waals surface area contributed by atoms with Crippen molar-refractivity contribution in [3.8, 4) is 11.4 Å². The molecule has 7 heteroatoms. The van der Waals surface area contributed by atoms with Crippen LogP contribution in [0.3, 0.4) is 0 Å². The van der Waals surface area contributed by atoms with Crippen LogP contribution in [0.4, 0.5) is 0 Å². The number of carbonyl (C=O) groups is 1. The molecule has 0 unspecified atom stereocenters. The van der Waals surface area contributed by atoms with E-state index in [0.29, 0.717) is 19.7 Å². The van der Waals surface area contributed by atoms with Crippen molar-refractivity contribution in [1.29, 1.82) is 0 Å². The molecule has 0 saturated heterocycles. The maximum atomic E-state index is 12.0. The second-order valence-electron chi connectivity index (χ2n) is 5.47. The van der Waals surface area contributed by atoms with Crippen LogP contribution in [-0.4, -0.2) is 46.2 Å². The summed E-state index contributed by atoms with van der Waals surface area (Å²) in [6.45, 7) is 7.64. The van der Waals surface area contributed by atoms with Crippen molar-refractivity contribution in [2.75, 3.05) is 20.3 Å². The first-order chi connectivity index (χ1) is 11.6. The number of carbonyl (C=O) groups excluding carboxylic acids is 1. The summed E-state index contributed by atoms with van der Waals surface area (Å²) in [5.74, 6) is 0.794. The topological polar surface area (TPSA) is 69.0 Å². The number of amides is 1. The van der Waals surface area contributed by atoms with Gasteiger partial charge >= 0.3 is 0 Å². The highest BCUT2D eigenvalue weighted by Crippen LogP contribution is 2.27. The summed E-state index contributed by atoms with van der Waals surface area (Å²) in [6, 6.07) is 8.15. The van der Waals surface area contributed by atoms with Crippen molar-refractivity contribution < 1.29 is 9.53 Å². The molecule has 2 rings (SSSR count). The van der Waals surface area contributed by atoms with Gasteiger partial charge in [-0.1, -0.05) is 35.5 Å². The molecule has 1 aromatic carbocycles. The first kappa shape index (κ1) is 18.5. The summed E-state index contributed by atoms with van der Waals surface area (Å²) < 4.78 is 7.22. The van der Waals surface area contributed by atoms with Crippen LogP contribution in [0.25, 0.3) is 11.4 Å². The minimum Gasteiger partial charge on any atom is -0.383 e. The zero-order chi connectivity index (χ0) is 17.5. The Bertz CT molecular complexity index is 687. The fourth-order valence-corrected chi connectivity index (χ4v) is 3.19. The Kier molecular flexibility index (Phi) is 6.81. The molecular weight excluding hydrogens is 324 g/mol. The van der Waals surface area contributed by atoms with Crippen LogP contribution < -0.4 is 5.32 Å². The third kappa shape index (κ3) is 4.58. The average molecular weight is 348 g/mol. The molecule has 1 aromatic heterocycles. The van der Waals surface area contributed by atoms with E-state index < -0.39 is 0 Å². The first-order valence-electron chi connectivity index (χ1n) is 8.00. The van der Waals surface area contributed by atoms with Crippen LogP contribution >= 0.6 is 11.8 Å². The Morgan fingerprint density at radius 2 is 2.21 bits per heavy atom. The summed E-state index contributed by atoms with van der Waals surface area (Å²) in [7, 11) is 1.67. The molecule has 1 amide bonds. The van der Waals surface area contributed by atoms with E-state index in [-0.39, 0.29) is 11.2 Å². The number of methoxy groups -OCH3 is 1. The van der Waals surface area contributed by atoms with Crippen molar-refractivity contribution in [1.82, 2.24) is 20.1 Å². The van der Waals surface area contributed by atoms with Crippen molar-refractivity contribution in [3.05, 3.63) is 29.8 Å². The molecule has 1 heterocycles. The number of benzene rings is 1. The second-order valence-corrected chi connectivity index (χ2v) is 6.78. The van der Waals surface area contributed by atoms with E-state index in [9.17, 15) is 4.79 Å². The number of ether oxygens (including phenoxy) is 1. The van der Waals surface area contributed by atoms with Crippen molar-refractivity contribution in [3.63, 3.8) is 0 Å². The number of nitrogens with zero attached hydrogens (tertiary/aromatic N) is 3. The minimum atomic E-state index is -0.235. The number of rotatable bonds is 8. The predicted molar refractivity (Wildman–Crippen MR) is 96.1 cm³/mol. The Balaban J connectivity index is 2.30. The van der Waals surface area contributed by atoms with Gasteiger partial charge in [-0.15, -0.1) is 10.2 Å². The maximum Gasteiger partial charge on any atom is 0.233 e. The number of hydrogen-bond donors (Lipinski definition) is 1. The van der Waals surface area contributed by atoms with E-state index in [0.717, 1.165) is 16.5 Å². The lowest BCUT2D eigenvalue weighted by Crippen LogP contribution is -2.30. The van der Waals surface area contributed by atoms with Crippen molar-refractivity contribution in [2.45, 2.75) is 37.7 Å². The quantitative estimate of drug-likeness (QED) is 0.743. The van der Waals surface area contributed by atoms with Gasteiger partial charge in [-0.3, -0.25) is 9.36 Å². The number of hydrogen-bond acceptors (Lipinski definition) is 5. The third-order valence-corrected chi connectivity index (χ3v) is 4.60. The third-order valence-electron chi connectivity index (χ3n) is 3.51. The SMILES string of the molecule is CCNC(=O)[C@@H](C)Sc1nnc(-c2cccc(C)c2)n1CCOC. The first-order valence-corrected chi connectivity index (χ1v) is 8.88. The predicted octanol–water partition coefficient (Wildman–Crippen LogP) is 2.52. The lowest BCUT2D eigenvalue weighted by atomic mass is 10.1. The molecule has 0 aliphatic rings. The van der Waals surface area contributed by atoms with Crippen LogP contribution in [-0.2, 0) is 16.1 Å².